The number of nitrogens with one attached hydrogen (secondary N) is 1. The predicted molar refractivity (Wildman–Crippen MR) is 84.1 cm³/mol. The molecule has 0 saturated carbocycles. The number of sulfonamides is 1. The van der Waals surface area contributed by atoms with Crippen LogP contribution in [0.2, 0.25) is 0 Å². The van der Waals surface area contributed by atoms with Crippen molar-refractivity contribution in [1.29, 1.82) is 5.26 Å². The van der Waals surface area contributed by atoms with Crippen molar-refractivity contribution in [2.45, 2.75) is 6.92 Å². The van der Waals surface area contributed by atoms with Crippen molar-refractivity contribution in [3.05, 3.63) is 41.7 Å². The molecule has 0 aliphatic heterocycles. The van der Waals surface area contributed by atoms with E-state index in [1.165, 1.54) is 13.3 Å². The molecule has 1 aromatic carbocycles. The monoisotopic (exact) mass is 317 g/mol. The van der Waals surface area contributed by atoms with Gasteiger partial charge in [0.1, 0.15) is 17.4 Å². The number of benzene rings is 1. The standard InChI is InChI=1S/C15H15N3O3S/c1-10-6-12(18-22(3,19)20)4-5-13(10)14-9-17-8-11(7-16)15(14)21-2/h4-6,8-9,18H,1-3H3. The summed E-state index contributed by atoms with van der Waals surface area (Å²) in [6.45, 7) is 1.85. The molecule has 0 amide bonds. The molecule has 2 aromatic rings. The fourth-order valence-corrected chi connectivity index (χ4v) is 2.74. The Kier molecular flexibility index (Phi) is 4.33. The van der Waals surface area contributed by atoms with Crippen molar-refractivity contribution >= 4 is 15.7 Å². The van der Waals surface area contributed by atoms with Crippen LogP contribution in [0.5, 0.6) is 5.75 Å². The molecule has 0 spiro atoms. The minimum absolute atomic E-state index is 0.345. The topological polar surface area (TPSA) is 92.1 Å². The highest BCUT2D eigenvalue weighted by Crippen LogP contribution is 2.34. The number of aromatic nitrogens is 1. The zero-order valence-electron chi connectivity index (χ0n) is 12.4. The number of methoxy groups -OCH3 is 1. The van der Waals surface area contributed by atoms with Crippen LogP contribution in [-0.2, 0) is 10.0 Å². The van der Waals surface area contributed by atoms with Crippen LogP contribution in [0.4, 0.5) is 5.69 Å². The summed E-state index contributed by atoms with van der Waals surface area (Å²) in [6.07, 6.45) is 4.16. The zero-order chi connectivity index (χ0) is 16.3. The first kappa shape index (κ1) is 15.8. The number of nitrogens with zero attached hydrogens (tertiary/aromatic N) is 2. The van der Waals surface area contributed by atoms with Gasteiger partial charge >= 0.3 is 0 Å². The Morgan fingerprint density at radius 2 is 2.00 bits per heavy atom. The Morgan fingerprint density at radius 1 is 1.27 bits per heavy atom. The summed E-state index contributed by atoms with van der Waals surface area (Å²) in [7, 11) is -1.83. The molecule has 1 N–H and O–H groups in total. The number of ether oxygens (including phenoxy) is 1. The van der Waals surface area contributed by atoms with E-state index >= 15 is 0 Å². The Morgan fingerprint density at radius 3 is 2.55 bits per heavy atom. The molecule has 0 bridgehead atoms. The van der Waals surface area contributed by atoms with E-state index in [9.17, 15) is 8.42 Å². The molecule has 7 heteroatoms. The van der Waals surface area contributed by atoms with Crippen molar-refractivity contribution in [3.63, 3.8) is 0 Å². The maximum absolute atomic E-state index is 11.3. The quantitative estimate of drug-likeness (QED) is 0.934. The molecule has 2 rings (SSSR count). The molecule has 22 heavy (non-hydrogen) atoms. The van der Waals surface area contributed by atoms with Gasteiger partial charge in [-0.2, -0.15) is 5.26 Å². The van der Waals surface area contributed by atoms with E-state index in [2.05, 4.69) is 9.71 Å². The van der Waals surface area contributed by atoms with Crippen molar-refractivity contribution in [1.82, 2.24) is 4.98 Å². The van der Waals surface area contributed by atoms with Gasteiger partial charge in [0.2, 0.25) is 10.0 Å². The average Bonchev–Trinajstić information content (AvgIpc) is 2.44. The third-order valence-electron chi connectivity index (χ3n) is 3.04. The fraction of sp³-hybridized carbons (Fsp3) is 0.200. The number of hydrogen-bond acceptors (Lipinski definition) is 5. The summed E-state index contributed by atoms with van der Waals surface area (Å²) in [5.74, 6) is 0.449. The normalized spacial score (nSPS) is 10.8. The lowest BCUT2D eigenvalue weighted by molar-refractivity contribution is 0.414. The molecule has 0 saturated heterocycles. The van der Waals surface area contributed by atoms with Crippen LogP contribution in [0, 0.1) is 18.3 Å². The summed E-state index contributed by atoms with van der Waals surface area (Å²) >= 11 is 0. The van der Waals surface area contributed by atoms with Crippen molar-refractivity contribution < 1.29 is 13.2 Å². The minimum Gasteiger partial charge on any atom is -0.495 e. The maximum atomic E-state index is 11.3. The van der Waals surface area contributed by atoms with Gasteiger partial charge in [-0.3, -0.25) is 9.71 Å². The van der Waals surface area contributed by atoms with Crippen LogP contribution in [0.1, 0.15) is 11.1 Å². The van der Waals surface area contributed by atoms with E-state index < -0.39 is 10.0 Å². The van der Waals surface area contributed by atoms with E-state index in [-0.39, 0.29) is 0 Å². The Bertz CT molecular complexity index is 855. The average molecular weight is 317 g/mol. The predicted octanol–water partition coefficient (Wildman–Crippen LogP) is 2.31. The second-order valence-electron chi connectivity index (χ2n) is 4.78. The van der Waals surface area contributed by atoms with Crippen molar-refractivity contribution in [2.24, 2.45) is 0 Å². The smallest absolute Gasteiger partial charge is 0.229 e. The second kappa shape index (κ2) is 6.03. The summed E-state index contributed by atoms with van der Waals surface area (Å²) < 4.78 is 30.3. The highest BCUT2D eigenvalue weighted by Gasteiger charge is 2.14. The van der Waals surface area contributed by atoms with E-state index in [0.29, 0.717) is 22.6 Å². The van der Waals surface area contributed by atoms with E-state index in [0.717, 1.165) is 17.4 Å². The van der Waals surface area contributed by atoms with Crippen LogP contribution >= 0.6 is 0 Å². The summed E-state index contributed by atoms with van der Waals surface area (Å²) in [4.78, 5) is 4.05. The number of aryl methyl sites for hydroxylation is 1. The number of nitriles is 1. The molecule has 114 valence electrons. The first-order valence-corrected chi connectivity index (χ1v) is 8.25. The van der Waals surface area contributed by atoms with Gasteiger partial charge in [0.15, 0.2) is 0 Å². The van der Waals surface area contributed by atoms with Gasteiger partial charge in [-0.25, -0.2) is 8.42 Å². The molecule has 0 radical (unpaired) electrons. The highest BCUT2D eigenvalue weighted by atomic mass is 32.2. The van der Waals surface area contributed by atoms with E-state index in [1.54, 1.807) is 24.4 Å². The van der Waals surface area contributed by atoms with Gasteiger partial charge in [0.05, 0.1) is 13.4 Å². The Balaban J connectivity index is 2.54. The summed E-state index contributed by atoms with van der Waals surface area (Å²) in [5, 5.41) is 9.12. The number of rotatable bonds is 4. The molecule has 6 nitrogen and oxygen atoms in total. The third-order valence-corrected chi connectivity index (χ3v) is 3.65. The van der Waals surface area contributed by atoms with Gasteiger partial charge < -0.3 is 4.74 Å². The van der Waals surface area contributed by atoms with Crippen LogP contribution in [0.3, 0.4) is 0 Å². The first-order chi connectivity index (χ1) is 10.4. The molecule has 1 heterocycles. The van der Waals surface area contributed by atoms with Crippen LogP contribution in [0.15, 0.2) is 30.6 Å². The number of hydrogen-bond donors (Lipinski definition) is 1. The maximum Gasteiger partial charge on any atom is 0.229 e. The largest absolute Gasteiger partial charge is 0.495 e. The zero-order valence-corrected chi connectivity index (χ0v) is 13.2. The number of anilines is 1. The highest BCUT2D eigenvalue weighted by molar-refractivity contribution is 7.92. The lowest BCUT2D eigenvalue weighted by Gasteiger charge is -2.13. The van der Waals surface area contributed by atoms with Gasteiger partial charge in [-0.1, -0.05) is 6.07 Å². The molecular weight excluding hydrogens is 302 g/mol. The molecule has 1 aromatic heterocycles. The fourth-order valence-electron chi connectivity index (χ4n) is 2.18. The number of pyridine rings is 1. The van der Waals surface area contributed by atoms with Crippen LogP contribution < -0.4 is 9.46 Å². The SMILES string of the molecule is COc1c(C#N)cncc1-c1ccc(NS(C)(=O)=O)cc1C. The minimum atomic E-state index is -3.33. The van der Waals surface area contributed by atoms with E-state index in [4.69, 9.17) is 10.00 Å². The summed E-state index contributed by atoms with van der Waals surface area (Å²) in [6, 6.07) is 7.18. The Hall–Kier alpha value is -2.59. The molecular formula is C15H15N3O3S. The lowest BCUT2D eigenvalue weighted by Crippen LogP contribution is -2.09. The molecule has 0 fully saturated rings. The van der Waals surface area contributed by atoms with Crippen molar-refractivity contribution in [2.75, 3.05) is 18.1 Å². The summed E-state index contributed by atoms with van der Waals surface area (Å²) in [5.41, 5.74) is 3.17. The van der Waals surface area contributed by atoms with Crippen LogP contribution in [-0.4, -0.2) is 26.8 Å². The van der Waals surface area contributed by atoms with E-state index in [1.807, 2.05) is 13.0 Å². The molecule has 0 aliphatic carbocycles. The second-order valence-corrected chi connectivity index (χ2v) is 6.53. The van der Waals surface area contributed by atoms with Crippen LogP contribution in [0.25, 0.3) is 11.1 Å². The first-order valence-electron chi connectivity index (χ1n) is 6.36. The third kappa shape index (κ3) is 3.35. The van der Waals surface area contributed by atoms with Crippen molar-refractivity contribution in [3.8, 4) is 22.9 Å². The molecule has 0 unspecified atom stereocenters. The van der Waals surface area contributed by atoms with Gasteiger partial charge in [-0.05, 0) is 30.2 Å². The lowest BCUT2D eigenvalue weighted by atomic mass is 9.99. The molecule has 0 aliphatic rings. The van der Waals surface area contributed by atoms with Gasteiger partial charge in [0, 0.05) is 23.6 Å². The Labute approximate surface area is 129 Å². The molecule has 0 atom stereocenters. The van der Waals surface area contributed by atoms with Gasteiger partial charge in [-0.15, -0.1) is 0 Å². The van der Waals surface area contributed by atoms with Gasteiger partial charge in [0.25, 0.3) is 0 Å².